The van der Waals surface area contributed by atoms with Crippen molar-refractivity contribution < 1.29 is 48.3 Å². The van der Waals surface area contributed by atoms with Gasteiger partial charge in [-0.1, -0.05) is 18.2 Å². The molecule has 0 aliphatic carbocycles. The van der Waals surface area contributed by atoms with Crippen LogP contribution in [0, 0.1) is 5.92 Å². The van der Waals surface area contributed by atoms with E-state index in [1.54, 1.807) is 64.6 Å². The number of aromatic hydroxyl groups is 2. The van der Waals surface area contributed by atoms with Crippen LogP contribution in [0.4, 0.5) is 0 Å². The number of cyclic esters (lactones) is 1. The molecule has 0 radical (unpaired) electrons. The summed E-state index contributed by atoms with van der Waals surface area (Å²) in [5.74, 6) is -2.09. The first kappa shape index (κ1) is 45.1. The number of methoxy groups -OCH3 is 3. The number of pyridine rings is 1. The number of phenolic OH excluding ortho intramolecular Hbond substituents is 2. The largest absolute Gasteiger partial charge is 0.507 e. The third kappa shape index (κ3) is 10.4. The van der Waals surface area contributed by atoms with E-state index in [2.05, 4.69) is 5.32 Å². The van der Waals surface area contributed by atoms with E-state index in [-0.39, 0.29) is 75.2 Å². The number of ether oxygens (including phenoxy) is 4. The molecule has 3 aliphatic rings. The lowest BCUT2D eigenvalue weighted by Crippen LogP contribution is -2.55. The van der Waals surface area contributed by atoms with E-state index in [0.717, 1.165) is 12.1 Å². The lowest BCUT2D eigenvalue weighted by Gasteiger charge is -2.43. The number of amides is 2. The van der Waals surface area contributed by atoms with Gasteiger partial charge in [-0.25, -0.2) is 4.79 Å². The van der Waals surface area contributed by atoms with E-state index < -0.39 is 35.7 Å². The number of rotatable bonds is 12. The lowest BCUT2D eigenvalue weighted by atomic mass is 9.83. The quantitative estimate of drug-likeness (QED) is 0.176. The average Bonchev–Trinajstić information content (AvgIpc) is 3.23. The molecule has 2 aromatic carbocycles. The number of likely N-dealkylation sites (tertiary alicyclic amines) is 1. The van der Waals surface area contributed by atoms with Gasteiger partial charge in [0.05, 0.1) is 27.4 Å². The number of benzene rings is 2. The number of nitrogens with zero attached hydrogens (tertiary/aromatic N) is 2. The Labute approximate surface area is 360 Å². The van der Waals surface area contributed by atoms with E-state index >= 15 is 0 Å². The second-order valence-electron chi connectivity index (χ2n) is 16.1. The van der Waals surface area contributed by atoms with Crippen LogP contribution < -0.4 is 25.1 Å². The molecule has 61 heavy (non-hydrogen) atoms. The number of esters is 1. The van der Waals surface area contributed by atoms with E-state index in [1.807, 2.05) is 12.3 Å². The molecule has 3 aliphatic heterocycles. The molecule has 4 heterocycles. The van der Waals surface area contributed by atoms with Crippen molar-refractivity contribution in [3.8, 4) is 28.7 Å². The summed E-state index contributed by atoms with van der Waals surface area (Å²) in [6.07, 6.45) is 8.46. The summed E-state index contributed by atoms with van der Waals surface area (Å²) < 4.78 is 24.5. The lowest BCUT2D eigenvalue weighted by molar-refractivity contribution is -0.139. The Balaban J connectivity index is 1.38. The smallest absolute Gasteiger partial charge is 0.342 e. The number of phenols is 2. The number of hydrogen-bond donors (Lipinski definition) is 3. The van der Waals surface area contributed by atoms with Crippen LogP contribution >= 0.6 is 11.8 Å². The van der Waals surface area contributed by atoms with Gasteiger partial charge in [0.1, 0.15) is 28.9 Å². The summed E-state index contributed by atoms with van der Waals surface area (Å²) >= 11 is 1.55. The van der Waals surface area contributed by atoms with Crippen molar-refractivity contribution in [2.75, 3.05) is 46.4 Å². The zero-order valence-corrected chi connectivity index (χ0v) is 36.4. The van der Waals surface area contributed by atoms with Gasteiger partial charge in [0.25, 0.3) is 5.56 Å². The van der Waals surface area contributed by atoms with Crippen molar-refractivity contribution in [3.63, 3.8) is 0 Å². The Morgan fingerprint density at radius 2 is 1.72 bits per heavy atom. The Hall–Kier alpha value is -5.44. The fraction of sp³-hybridized carbons (Fsp3) is 0.500. The molecule has 2 bridgehead atoms. The Morgan fingerprint density at radius 1 is 0.984 bits per heavy atom. The normalized spacial score (nSPS) is 20.8. The second-order valence-corrected chi connectivity index (χ2v) is 17.1. The van der Waals surface area contributed by atoms with Crippen LogP contribution in [-0.4, -0.2) is 102 Å². The fourth-order valence-corrected chi connectivity index (χ4v) is 9.41. The van der Waals surface area contributed by atoms with Crippen molar-refractivity contribution in [2.45, 2.75) is 95.2 Å². The number of aromatic nitrogens is 1. The summed E-state index contributed by atoms with van der Waals surface area (Å²) in [5, 5.41) is 27.0. The monoisotopic (exact) mass is 859 g/mol. The number of nitrogens with one attached hydrogen (secondary N) is 1. The van der Waals surface area contributed by atoms with E-state index in [1.165, 1.54) is 27.4 Å². The highest BCUT2D eigenvalue weighted by Crippen LogP contribution is 2.48. The minimum absolute atomic E-state index is 0.0136. The average molecular weight is 860 g/mol. The zero-order valence-electron chi connectivity index (χ0n) is 35.6. The first-order chi connectivity index (χ1) is 29.4. The minimum Gasteiger partial charge on any atom is -0.507 e. The van der Waals surface area contributed by atoms with Gasteiger partial charge in [-0.3, -0.25) is 19.2 Å². The zero-order chi connectivity index (χ0) is 43.8. The van der Waals surface area contributed by atoms with Gasteiger partial charge >= 0.3 is 5.97 Å². The summed E-state index contributed by atoms with van der Waals surface area (Å²) in [6, 6.07) is 8.93. The summed E-state index contributed by atoms with van der Waals surface area (Å²) in [7, 11) is 4.34. The van der Waals surface area contributed by atoms with E-state index in [9.17, 15) is 34.2 Å². The summed E-state index contributed by atoms with van der Waals surface area (Å²) in [4.78, 5) is 69.6. The highest BCUT2D eigenvalue weighted by atomic mass is 32.2. The van der Waals surface area contributed by atoms with E-state index in [0.29, 0.717) is 75.9 Å². The molecule has 328 valence electrons. The van der Waals surface area contributed by atoms with Gasteiger partial charge in [0.2, 0.25) is 17.6 Å². The SMILES string of the molecule is COc1cc(C(CC(=O)NC(CCSC)C(=O)N2C[C@H]3C[C@@H](C2)c2cccc(=O)n2C3)c2c(O)cc3c(c2O)C(=O)O[C@@H](C)CCCC(=O)CCC/C=C/3)cc(OC)c1OC. The molecule has 3 aromatic rings. The molecule has 1 saturated heterocycles. The molecule has 0 spiro atoms. The van der Waals surface area contributed by atoms with Crippen molar-refractivity contribution in [1.29, 1.82) is 0 Å². The predicted octanol–water partition coefficient (Wildman–Crippen LogP) is 6.17. The number of thioether (sulfide) groups is 1. The standard InChI is InChI=1S/C46H57N3O11S/c1-27-11-9-14-32(50)13-8-6-7-12-29-20-36(51)42(43(54)41(29)46(56)60-27)33(30-21-37(57-2)44(59-4)38(22-30)58-3)23-39(52)47-34(17-18-61-5)45(55)48-24-28-19-31(26-48)35-15-10-16-40(53)49(35)25-28/h7,10,12,15-16,20-22,27-28,31,33-34,51,54H,6,8-9,11,13-14,17-19,23-26H2,1-5H3,(H,47,52)/b12-7+/t27-,28+,31-,33?,34?/m0/s1. The number of fused-ring (bicyclic) bond motifs is 5. The van der Waals surface area contributed by atoms with Gasteiger partial charge in [-0.15, -0.1) is 0 Å². The van der Waals surface area contributed by atoms with E-state index in [4.69, 9.17) is 18.9 Å². The molecule has 5 atom stereocenters. The molecular formula is C46H57N3O11S. The van der Waals surface area contributed by atoms with Crippen molar-refractivity contribution in [2.24, 2.45) is 5.92 Å². The molecule has 2 unspecified atom stereocenters. The first-order valence-electron chi connectivity index (χ1n) is 20.9. The molecule has 6 rings (SSSR count). The number of allylic oxidation sites excluding steroid dienone is 1. The molecule has 2 amide bonds. The van der Waals surface area contributed by atoms with Crippen LogP contribution in [0.1, 0.15) is 109 Å². The number of carbonyl (C=O) groups excluding carboxylic acids is 4. The van der Waals surface area contributed by atoms with Gasteiger partial charge < -0.3 is 43.9 Å². The molecule has 3 N–H and O–H groups in total. The Bertz CT molecular complexity index is 2180. The van der Waals surface area contributed by atoms with Crippen LogP contribution in [0.3, 0.4) is 0 Å². The maximum Gasteiger partial charge on any atom is 0.342 e. The molecule has 15 heteroatoms. The van der Waals surface area contributed by atoms with Gasteiger partial charge in [-0.05, 0) is 98.8 Å². The maximum absolute atomic E-state index is 14.4. The number of Topliss-reactive ketones (excluding diaryl/α,β-unsaturated/α-hetero) is 1. The van der Waals surface area contributed by atoms with Crippen LogP contribution in [0.15, 0.2) is 47.3 Å². The molecule has 1 aromatic heterocycles. The second kappa shape index (κ2) is 20.4. The van der Waals surface area contributed by atoms with Crippen LogP contribution in [0.2, 0.25) is 0 Å². The van der Waals surface area contributed by atoms with Crippen LogP contribution in [-0.2, 0) is 25.7 Å². The fourth-order valence-electron chi connectivity index (χ4n) is 8.94. The van der Waals surface area contributed by atoms with Gasteiger partial charge in [0.15, 0.2) is 11.5 Å². The number of carbonyl (C=O) groups is 4. The minimum atomic E-state index is -1.12. The molecule has 0 saturated carbocycles. The molecule has 14 nitrogen and oxygen atoms in total. The van der Waals surface area contributed by atoms with Gasteiger partial charge in [0, 0.05) is 68.1 Å². The van der Waals surface area contributed by atoms with Crippen molar-refractivity contribution in [1.82, 2.24) is 14.8 Å². The molecular weight excluding hydrogens is 803 g/mol. The third-order valence-electron chi connectivity index (χ3n) is 11.9. The topological polar surface area (TPSA) is 183 Å². The Morgan fingerprint density at radius 3 is 2.43 bits per heavy atom. The molecule has 1 fully saturated rings. The number of hydrogen-bond acceptors (Lipinski definition) is 12. The Kier molecular flexibility index (Phi) is 15.1. The van der Waals surface area contributed by atoms with Crippen molar-refractivity contribution >= 4 is 41.4 Å². The van der Waals surface area contributed by atoms with Crippen LogP contribution in [0.5, 0.6) is 28.7 Å². The highest BCUT2D eigenvalue weighted by Gasteiger charge is 2.39. The third-order valence-corrected chi connectivity index (χ3v) is 12.6. The predicted molar refractivity (Wildman–Crippen MR) is 232 cm³/mol. The number of ketones is 1. The van der Waals surface area contributed by atoms with Crippen LogP contribution in [0.25, 0.3) is 6.08 Å². The summed E-state index contributed by atoms with van der Waals surface area (Å²) in [6.45, 7) is 3.10. The number of piperidine rings is 1. The van der Waals surface area contributed by atoms with Crippen molar-refractivity contribution in [3.05, 3.63) is 80.8 Å². The van der Waals surface area contributed by atoms with Gasteiger partial charge in [-0.2, -0.15) is 11.8 Å². The maximum atomic E-state index is 14.4. The first-order valence-corrected chi connectivity index (χ1v) is 22.3. The summed E-state index contributed by atoms with van der Waals surface area (Å²) in [5.41, 5.74) is 1.14. The highest BCUT2D eigenvalue weighted by molar-refractivity contribution is 7.98.